The molecule has 84 valence electrons. The van der Waals surface area contributed by atoms with Gasteiger partial charge in [0, 0.05) is 4.47 Å². The smallest absolute Gasteiger partial charge is 0.117 e. The number of furan rings is 1. The highest BCUT2D eigenvalue weighted by molar-refractivity contribution is 9.10. The van der Waals surface area contributed by atoms with Gasteiger partial charge in [-0.2, -0.15) is 0 Å². The van der Waals surface area contributed by atoms with Gasteiger partial charge in [-0.15, -0.1) is 0 Å². The van der Waals surface area contributed by atoms with Gasteiger partial charge < -0.3 is 9.73 Å². The van der Waals surface area contributed by atoms with E-state index in [9.17, 15) is 0 Å². The maximum absolute atomic E-state index is 5.23. The van der Waals surface area contributed by atoms with E-state index in [4.69, 9.17) is 4.42 Å². The summed E-state index contributed by atoms with van der Waals surface area (Å²) in [6.45, 7) is 1.75. The summed E-state index contributed by atoms with van der Waals surface area (Å²) < 4.78 is 6.37. The Labute approximate surface area is 104 Å². The van der Waals surface area contributed by atoms with Gasteiger partial charge in [-0.25, -0.2) is 0 Å². The third-order valence-electron chi connectivity index (χ3n) is 2.36. The molecule has 16 heavy (non-hydrogen) atoms. The van der Waals surface area contributed by atoms with Crippen molar-refractivity contribution in [1.29, 1.82) is 0 Å². The average molecular weight is 280 g/mol. The van der Waals surface area contributed by atoms with E-state index < -0.39 is 0 Å². The molecule has 0 aliphatic rings. The molecule has 0 saturated heterocycles. The fourth-order valence-corrected chi connectivity index (χ4v) is 2.00. The van der Waals surface area contributed by atoms with Gasteiger partial charge in [-0.1, -0.05) is 28.1 Å². The highest BCUT2D eigenvalue weighted by Crippen LogP contribution is 2.11. The first-order valence-electron chi connectivity index (χ1n) is 5.32. The third-order valence-corrected chi connectivity index (χ3v) is 2.85. The monoisotopic (exact) mass is 279 g/mol. The Bertz CT molecular complexity index is 425. The summed E-state index contributed by atoms with van der Waals surface area (Å²) in [5.74, 6) is 0.981. The van der Waals surface area contributed by atoms with E-state index in [0.29, 0.717) is 0 Å². The van der Waals surface area contributed by atoms with Crippen molar-refractivity contribution in [1.82, 2.24) is 5.32 Å². The lowest BCUT2D eigenvalue weighted by Gasteiger charge is -2.03. The van der Waals surface area contributed by atoms with E-state index in [1.54, 1.807) is 6.26 Å². The van der Waals surface area contributed by atoms with E-state index >= 15 is 0 Å². The molecule has 2 nitrogen and oxygen atoms in total. The molecule has 0 unspecified atom stereocenters. The SMILES string of the molecule is Brc1cccc(CCNCc2ccco2)c1. The molecule has 1 N–H and O–H groups in total. The first-order chi connectivity index (χ1) is 7.84. The predicted octanol–water partition coefficient (Wildman–Crippen LogP) is 3.37. The minimum absolute atomic E-state index is 0.793. The number of benzene rings is 1. The number of hydrogen-bond donors (Lipinski definition) is 1. The molecule has 0 radical (unpaired) electrons. The van der Waals surface area contributed by atoms with Crippen LogP contribution < -0.4 is 5.32 Å². The standard InChI is InChI=1S/C13H14BrNO/c14-12-4-1-3-11(9-12)6-7-15-10-13-5-2-8-16-13/h1-5,8-9,15H,6-7,10H2. The zero-order chi connectivity index (χ0) is 11.2. The summed E-state index contributed by atoms with van der Waals surface area (Å²) >= 11 is 3.47. The van der Waals surface area contributed by atoms with Crippen molar-refractivity contribution in [2.24, 2.45) is 0 Å². The summed E-state index contributed by atoms with van der Waals surface area (Å²) in [6, 6.07) is 12.3. The van der Waals surface area contributed by atoms with Crippen molar-refractivity contribution in [3.8, 4) is 0 Å². The Hall–Kier alpha value is -1.06. The van der Waals surface area contributed by atoms with Crippen LogP contribution in [-0.4, -0.2) is 6.54 Å². The van der Waals surface area contributed by atoms with Gasteiger partial charge in [-0.05, 0) is 42.8 Å². The average Bonchev–Trinajstić information content (AvgIpc) is 2.77. The quantitative estimate of drug-likeness (QED) is 0.849. The highest BCUT2D eigenvalue weighted by Gasteiger charge is 1.96. The highest BCUT2D eigenvalue weighted by atomic mass is 79.9. The van der Waals surface area contributed by atoms with Gasteiger partial charge in [0.15, 0.2) is 0 Å². The number of hydrogen-bond acceptors (Lipinski definition) is 2. The lowest BCUT2D eigenvalue weighted by molar-refractivity contribution is 0.484. The molecule has 1 heterocycles. The number of rotatable bonds is 5. The first kappa shape index (κ1) is 11.4. The van der Waals surface area contributed by atoms with Gasteiger partial charge in [0.05, 0.1) is 12.8 Å². The molecule has 0 amide bonds. The maximum Gasteiger partial charge on any atom is 0.117 e. The Morgan fingerprint density at radius 3 is 2.88 bits per heavy atom. The van der Waals surface area contributed by atoms with Crippen LogP contribution in [0.25, 0.3) is 0 Å². The van der Waals surface area contributed by atoms with Crippen molar-refractivity contribution in [3.63, 3.8) is 0 Å². The summed E-state index contributed by atoms with van der Waals surface area (Å²) in [5.41, 5.74) is 1.33. The van der Waals surface area contributed by atoms with Gasteiger partial charge >= 0.3 is 0 Å². The molecule has 1 aromatic heterocycles. The molecule has 0 saturated carbocycles. The van der Waals surface area contributed by atoms with Crippen LogP contribution in [0.2, 0.25) is 0 Å². The van der Waals surface area contributed by atoms with Crippen LogP contribution >= 0.6 is 15.9 Å². The molecule has 0 fully saturated rings. The summed E-state index contributed by atoms with van der Waals surface area (Å²) in [6.07, 6.45) is 2.73. The van der Waals surface area contributed by atoms with E-state index in [-0.39, 0.29) is 0 Å². The maximum atomic E-state index is 5.23. The molecule has 0 spiro atoms. The first-order valence-corrected chi connectivity index (χ1v) is 6.11. The van der Waals surface area contributed by atoms with Gasteiger partial charge in [-0.3, -0.25) is 0 Å². The molecule has 0 atom stereocenters. The summed E-state index contributed by atoms with van der Waals surface area (Å²) in [5, 5.41) is 3.35. The van der Waals surface area contributed by atoms with E-state index in [2.05, 4.69) is 39.4 Å². The molecule has 0 bridgehead atoms. The Morgan fingerprint density at radius 1 is 1.19 bits per heavy atom. The van der Waals surface area contributed by atoms with E-state index in [1.165, 1.54) is 5.56 Å². The molecule has 0 aliphatic carbocycles. The topological polar surface area (TPSA) is 25.2 Å². The van der Waals surface area contributed by atoms with Crippen LogP contribution in [0.3, 0.4) is 0 Å². The largest absolute Gasteiger partial charge is 0.468 e. The van der Waals surface area contributed by atoms with Crippen LogP contribution in [0.4, 0.5) is 0 Å². The Morgan fingerprint density at radius 2 is 2.12 bits per heavy atom. The second-order valence-corrected chi connectivity index (χ2v) is 4.55. The fourth-order valence-electron chi connectivity index (χ4n) is 1.55. The van der Waals surface area contributed by atoms with Crippen LogP contribution in [0.5, 0.6) is 0 Å². The van der Waals surface area contributed by atoms with Crippen LogP contribution in [-0.2, 0) is 13.0 Å². The zero-order valence-electron chi connectivity index (χ0n) is 8.95. The van der Waals surface area contributed by atoms with Crippen molar-refractivity contribution < 1.29 is 4.42 Å². The molecular weight excluding hydrogens is 266 g/mol. The van der Waals surface area contributed by atoms with Gasteiger partial charge in [0.1, 0.15) is 5.76 Å². The normalized spacial score (nSPS) is 10.6. The summed E-state index contributed by atoms with van der Waals surface area (Å²) in [7, 11) is 0. The van der Waals surface area contributed by atoms with Crippen LogP contribution in [0.1, 0.15) is 11.3 Å². The fraction of sp³-hybridized carbons (Fsp3) is 0.231. The zero-order valence-corrected chi connectivity index (χ0v) is 10.5. The van der Waals surface area contributed by atoms with Crippen LogP contribution in [0, 0.1) is 0 Å². The second kappa shape index (κ2) is 5.87. The minimum atomic E-state index is 0.793. The van der Waals surface area contributed by atoms with Gasteiger partial charge in [0.2, 0.25) is 0 Å². The number of halogens is 1. The predicted molar refractivity (Wildman–Crippen MR) is 68.3 cm³/mol. The van der Waals surface area contributed by atoms with Crippen molar-refractivity contribution in [2.45, 2.75) is 13.0 Å². The van der Waals surface area contributed by atoms with Gasteiger partial charge in [0.25, 0.3) is 0 Å². The number of nitrogens with one attached hydrogen (secondary N) is 1. The molecule has 2 aromatic rings. The van der Waals surface area contributed by atoms with Crippen molar-refractivity contribution in [2.75, 3.05) is 6.54 Å². The summed E-state index contributed by atoms with van der Waals surface area (Å²) in [4.78, 5) is 0. The Balaban J connectivity index is 1.72. The molecule has 1 aromatic carbocycles. The van der Waals surface area contributed by atoms with Crippen LogP contribution in [0.15, 0.2) is 51.6 Å². The molecular formula is C13H14BrNO. The minimum Gasteiger partial charge on any atom is -0.468 e. The molecule has 0 aliphatic heterocycles. The van der Waals surface area contributed by atoms with E-state index in [1.807, 2.05) is 18.2 Å². The second-order valence-electron chi connectivity index (χ2n) is 3.64. The molecule has 3 heteroatoms. The van der Waals surface area contributed by atoms with E-state index in [0.717, 1.165) is 29.7 Å². The van der Waals surface area contributed by atoms with Crippen molar-refractivity contribution >= 4 is 15.9 Å². The lowest BCUT2D eigenvalue weighted by Crippen LogP contribution is -2.16. The lowest BCUT2D eigenvalue weighted by atomic mass is 10.1. The Kier molecular flexibility index (Phi) is 4.19. The third kappa shape index (κ3) is 3.51. The van der Waals surface area contributed by atoms with Crippen molar-refractivity contribution in [3.05, 3.63) is 58.5 Å². The molecule has 2 rings (SSSR count).